The summed E-state index contributed by atoms with van der Waals surface area (Å²) in [5, 5.41) is 20.9. The van der Waals surface area contributed by atoms with Crippen LogP contribution in [0.5, 0.6) is 0 Å². The molecule has 0 saturated carbocycles. The highest BCUT2D eigenvalue weighted by molar-refractivity contribution is 6.11. The van der Waals surface area contributed by atoms with E-state index in [-0.39, 0.29) is 28.3 Å². The Hall–Kier alpha value is -4.47. The van der Waals surface area contributed by atoms with Crippen LogP contribution in [0.25, 0.3) is 16.7 Å². The monoisotopic (exact) mass is 462 g/mol. The number of hydrogen-bond donors (Lipinski definition) is 2. The normalized spacial score (nSPS) is 15.6. The second-order valence-corrected chi connectivity index (χ2v) is 7.93. The second kappa shape index (κ2) is 8.47. The van der Waals surface area contributed by atoms with Gasteiger partial charge in [-0.25, -0.2) is 19.2 Å². The number of rotatable bonds is 5. The summed E-state index contributed by atoms with van der Waals surface area (Å²) in [5.41, 5.74) is 2.05. The maximum atomic E-state index is 15.3. The smallest absolute Gasteiger partial charge is 0.352 e. The number of benzene rings is 1. The highest BCUT2D eigenvalue weighted by Gasteiger charge is 2.36. The van der Waals surface area contributed by atoms with E-state index in [4.69, 9.17) is 0 Å². The molecule has 1 aliphatic carbocycles. The molecular formula is C24H19FN4O5. The van der Waals surface area contributed by atoms with Crippen LogP contribution in [0.3, 0.4) is 0 Å². The molecule has 0 aliphatic heterocycles. The molecule has 4 rings (SSSR count). The summed E-state index contributed by atoms with van der Waals surface area (Å²) in [4.78, 5) is 46.7. The van der Waals surface area contributed by atoms with Gasteiger partial charge in [0.15, 0.2) is 11.7 Å². The molecule has 172 valence electrons. The van der Waals surface area contributed by atoms with Crippen LogP contribution in [-0.2, 0) is 4.79 Å². The van der Waals surface area contributed by atoms with Crippen LogP contribution in [0, 0.1) is 30.9 Å². The lowest BCUT2D eigenvalue weighted by Gasteiger charge is -2.19. The van der Waals surface area contributed by atoms with E-state index in [1.54, 1.807) is 26.8 Å². The van der Waals surface area contributed by atoms with Gasteiger partial charge in [0, 0.05) is 40.8 Å². The molecule has 0 saturated heterocycles. The van der Waals surface area contributed by atoms with Crippen LogP contribution in [-0.4, -0.2) is 36.7 Å². The predicted octanol–water partition coefficient (Wildman–Crippen LogP) is 4.61. The molecule has 2 aromatic heterocycles. The van der Waals surface area contributed by atoms with Crippen molar-refractivity contribution in [1.82, 2.24) is 15.0 Å². The number of non-ortho nitro benzene ring substituents is 1. The molecule has 3 aromatic rings. The fourth-order valence-corrected chi connectivity index (χ4v) is 4.11. The van der Waals surface area contributed by atoms with Crippen molar-refractivity contribution in [2.45, 2.75) is 26.7 Å². The SMILES string of the molecule is Cc1ccnc(C2=C(F)C(=O)C(c3c(C(=O)O)[nH]c(C)c3-c3ccc([N+](=O)[O-])cc3C)C=C2)n1. The highest BCUT2D eigenvalue weighted by Crippen LogP contribution is 2.42. The van der Waals surface area contributed by atoms with Gasteiger partial charge in [0.05, 0.1) is 16.4 Å². The number of hydrogen-bond acceptors (Lipinski definition) is 6. The quantitative estimate of drug-likeness (QED) is 0.417. The largest absolute Gasteiger partial charge is 0.477 e. The molecule has 1 atom stereocenters. The number of carboxylic acid groups (broad SMARTS) is 1. The van der Waals surface area contributed by atoms with E-state index in [0.29, 0.717) is 28.1 Å². The van der Waals surface area contributed by atoms with Crippen molar-refractivity contribution < 1.29 is 24.0 Å². The van der Waals surface area contributed by atoms with Crippen LogP contribution in [0.1, 0.15) is 44.7 Å². The molecule has 0 spiro atoms. The first-order valence-corrected chi connectivity index (χ1v) is 10.2. The lowest BCUT2D eigenvalue weighted by Crippen LogP contribution is -2.19. The number of nitrogens with zero attached hydrogens (tertiary/aromatic N) is 3. The van der Waals surface area contributed by atoms with Crippen molar-refractivity contribution >= 4 is 23.0 Å². The summed E-state index contributed by atoms with van der Waals surface area (Å²) in [6, 6.07) is 5.79. The minimum absolute atomic E-state index is 0.0516. The Balaban J connectivity index is 1.88. The molecule has 1 aromatic carbocycles. The number of carbonyl (C=O) groups is 2. The van der Waals surface area contributed by atoms with Gasteiger partial charge in [0.2, 0.25) is 5.78 Å². The first-order valence-electron chi connectivity index (χ1n) is 10.2. The van der Waals surface area contributed by atoms with Crippen LogP contribution in [0.4, 0.5) is 10.1 Å². The van der Waals surface area contributed by atoms with Crippen LogP contribution in [0.15, 0.2) is 48.4 Å². The Kier molecular flexibility index (Phi) is 5.66. The topological polar surface area (TPSA) is 139 Å². The lowest BCUT2D eigenvalue weighted by atomic mass is 9.83. The van der Waals surface area contributed by atoms with Crippen LogP contribution < -0.4 is 0 Å². The Morgan fingerprint density at radius 3 is 2.59 bits per heavy atom. The first kappa shape index (κ1) is 22.7. The number of carboxylic acids is 1. The lowest BCUT2D eigenvalue weighted by molar-refractivity contribution is -0.384. The van der Waals surface area contributed by atoms with E-state index in [1.165, 1.54) is 36.5 Å². The zero-order chi connectivity index (χ0) is 24.7. The molecule has 9 nitrogen and oxygen atoms in total. The van der Waals surface area contributed by atoms with Crippen LogP contribution in [0.2, 0.25) is 0 Å². The number of nitro benzene ring substituents is 1. The highest BCUT2D eigenvalue weighted by atomic mass is 19.1. The number of ketones is 1. The van der Waals surface area contributed by atoms with Crippen molar-refractivity contribution in [2.24, 2.45) is 0 Å². The zero-order valence-corrected chi connectivity index (χ0v) is 18.4. The van der Waals surface area contributed by atoms with Crippen molar-refractivity contribution in [3.05, 3.63) is 92.6 Å². The minimum atomic E-state index is -1.32. The number of aryl methyl sites for hydroxylation is 3. The van der Waals surface area contributed by atoms with Gasteiger partial charge in [-0.1, -0.05) is 12.2 Å². The number of nitrogens with one attached hydrogen (secondary N) is 1. The van der Waals surface area contributed by atoms with Gasteiger partial charge in [-0.05, 0) is 44.0 Å². The maximum Gasteiger partial charge on any atom is 0.352 e. The molecular weight excluding hydrogens is 443 g/mol. The number of H-pyrrole nitrogens is 1. The number of aromatic nitrogens is 3. The van der Waals surface area contributed by atoms with E-state index in [0.717, 1.165) is 0 Å². The maximum absolute atomic E-state index is 15.3. The van der Waals surface area contributed by atoms with Gasteiger partial charge in [-0.2, -0.15) is 0 Å². The fraction of sp³-hybridized carbons (Fsp3) is 0.167. The Morgan fingerprint density at radius 2 is 1.97 bits per heavy atom. The molecule has 0 bridgehead atoms. The molecule has 34 heavy (non-hydrogen) atoms. The van der Waals surface area contributed by atoms with Crippen molar-refractivity contribution in [2.75, 3.05) is 0 Å². The first-order chi connectivity index (χ1) is 16.1. The van der Waals surface area contributed by atoms with E-state index < -0.39 is 28.4 Å². The summed E-state index contributed by atoms with van der Waals surface area (Å²) in [7, 11) is 0. The van der Waals surface area contributed by atoms with Gasteiger partial charge in [-0.15, -0.1) is 0 Å². The van der Waals surface area contributed by atoms with E-state index in [1.807, 2.05) is 0 Å². The molecule has 2 heterocycles. The average Bonchev–Trinajstić information content (AvgIpc) is 3.12. The van der Waals surface area contributed by atoms with E-state index in [9.17, 15) is 24.8 Å². The zero-order valence-electron chi connectivity index (χ0n) is 18.4. The number of aromatic amines is 1. The Morgan fingerprint density at radius 1 is 1.24 bits per heavy atom. The summed E-state index contributed by atoms with van der Waals surface area (Å²) < 4.78 is 15.3. The van der Waals surface area contributed by atoms with Crippen molar-refractivity contribution in [1.29, 1.82) is 0 Å². The standard InChI is InChI=1S/C24H19FN4O5/c1-11-10-14(29(33)34)4-5-15(11)18-13(3)28-21(24(31)32)19(18)16-6-7-17(20(25)22(16)30)23-26-9-8-12(2)27-23/h4-10,16,28H,1-3H3,(H,31,32). The third-order valence-corrected chi connectivity index (χ3v) is 5.67. The van der Waals surface area contributed by atoms with Crippen molar-refractivity contribution in [3.63, 3.8) is 0 Å². The van der Waals surface area contributed by atoms with Crippen LogP contribution >= 0.6 is 0 Å². The molecule has 1 aliphatic rings. The average molecular weight is 462 g/mol. The predicted molar refractivity (Wildman–Crippen MR) is 121 cm³/mol. The third-order valence-electron chi connectivity index (χ3n) is 5.67. The van der Waals surface area contributed by atoms with Crippen molar-refractivity contribution in [3.8, 4) is 11.1 Å². The van der Waals surface area contributed by atoms with Gasteiger partial charge in [0.25, 0.3) is 5.69 Å². The second-order valence-electron chi connectivity index (χ2n) is 7.93. The number of carbonyl (C=O) groups excluding carboxylic acids is 1. The summed E-state index contributed by atoms with van der Waals surface area (Å²) in [6.07, 6.45) is 4.25. The molecule has 2 N–H and O–H groups in total. The number of Topliss-reactive ketones (excluding diaryl/α,β-unsaturated/α-hetero) is 1. The summed E-state index contributed by atoms with van der Waals surface area (Å²) in [6.45, 7) is 4.98. The molecule has 0 amide bonds. The molecule has 10 heteroatoms. The Labute approximate surface area is 192 Å². The third kappa shape index (κ3) is 3.79. The van der Waals surface area contributed by atoms with Gasteiger partial charge in [0.1, 0.15) is 5.69 Å². The van der Waals surface area contributed by atoms with Gasteiger partial charge >= 0.3 is 5.97 Å². The number of halogens is 1. The number of allylic oxidation sites excluding steroid dienone is 4. The molecule has 0 fully saturated rings. The number of aromatic carboxylic acids is 1. The summed E-state index contributed by atoms with van der Waals surface area (Å²) in [5.74, 6) is -4.49. The van der Waals surface area contributed by atoms with Gasteiger partial charge < -0.3 is 10.1 Å². The van der Waals surface area contributed by atoms with E-state index in [2.05, 4.69) is 15.0 Å². The van der Waals surface area contributed by atoms with E-state index >= 15 is 4.39 Å². The number of nitro groups is 1. The minimum Gasteiger partial charge on any atom is -0.477 e. The Bertz CT molecular complexity index is 1440. The van der Waals surface area contributed by atoms with Gasteiger partial charge in [-0.3, -0.25) is 14.9 Å². The summed E-state index contributed by atoms with van der Waals surface area (Å²) >= 11 is 0. The fourth-order valence-electron chi connectivity index (χ4n) is 4.11. The molecule has 1 unspecified atom stereocenters. The molecule has 0 radical (unpaired) electrons.